The highest BCUT2D eigenvalue weighted by molar-refractivity contribution is 6.04. The Hall–Kier alpha value is -4.94. The molecule has 242 valence electrons. The van der Waals surface area contributed by atoms with Crippen LogP contribution in [0.1, 0.15) is 81.4 Å². The smallest absolute Gasteiger partial charge is 0.410 e. The average molecular weight is 623 g/mol. The van der Waals surface area contributed by atoms with Crippen LogP contribution in [0.15, 0.2) is 42.5 Å². The summed E-state index contributed by atoms with van der Waals surface area (Å²) in [7, 11) is 0. The van der Waals surface area contributed by atoms with Crippen LogP contribution < -0.4 is 16.0 Å². The first-order chi connectivity index (χ1) is 21.0. The summed E-state index contributed by atoms with van der Waals surface area (Å²) in [5.74, 6) is -0.779. The minimum atomic E-state index is -0.694. The number of anilines is 1. The predicted octanol–water partition coefficient (Wildman–Crippen LogP) is 4.79. The van der Waals surface area contributed by atoms with E-state index in [2.05, 4.69) is 25.9 Å². The fourth-order valence-electron chi connectivity index (χ4n) is 4.10. The number of fused-ring (bicyclic) bond motifs is 1. The number of amides is 4. The first-order valence-corrected chi connectivity index (χ1v) is 14.7. The Kier molecular flexibility index (Phi) is 11.3. The van der Waals surface area contributed by atoms with E-state index in [0.29, 0.717) is 41.1 Å². The lowest BCUT2D eigenvalue weighted by atomic mass is 10.1. The van der Waals surface area contributed by atoms with Crippen molar-refractivity contribution in [2.24, 2.45) is 0 Å². The van der Waals surface area contributed by atoms with Crippen molar-refractivity contribution in [3.05, 3.63) is 59.4 Å². The Labute approximate surface area is 262 Å². The Balaban J connectivity index is 1.56. The molecule has 0 unspecified atom stereocenters. The highest BCUT2D eigenvalue weighted by atomic mass is 16.6. The normalized spacial score (nSPS) is 11.4. The number of ether oxygens (including phenoxy) is 2. The van der Waals surface area contributed by atoms with Crippen LogP contribution in [-0.2, 0) is 20.8 Å². The molecule has 13 nitrogen and oxygen atoms in total. The molecule has 0 aliphatic rings. The standard InChI is InChI=1S/C32H42N6O7/c1-8-14-38(30(43)45-32(5,6)7)19-27(40)35-22-11-9-10-21(15-22)28(41)33-17-25(39)20-12-13-23-24(16-20)37-26(36-23)18-34-29(42)44-31(2,3)4/h9-13,15-16H,8,14,17-19H2,1-7H3,(H,33,41)(H,34,42)(H,35,40)(H,36,37). The van der Waals surface area contributed by atoms with Crippen molar-refractivity contribution in [1.29, 1.82) is 0 Å². The lowest BCUT2D eigenvalue weighted by molar-refractivity contribution is -0.117. The maximum atomic E-state index is 12.9. The minimum absolute atomic E-state index is 0.114. The van der Waals surface area contributed by atoms with Gasteiger partial charge in [0.15, 0.2) is 5.78 Å². The number of alkyl carbamates (subject to hydrolysis) is 1. The van der Waals surface area contributed by atoms with Crippen LogP contribution in [0.2, 0.25) is 0 Å². The molecule has 0 saturated heterocycles. The molecule has 45 heavy (non-hydrogen) atoms. The van der Waals surface area contributed by atoms with E-state index in [0.717, 1.165) is 0 Å². The Morgan fingerprint density at radius 1 is 0.889 bits per heavy atom. The zero-order valence-corrected chi connectivity index (χ0v) is 26.8. The molecule has 1 aromatic heterocycles. The molecule has 3 aromatic rings. The number of carbonyl (C=O) groups excluding carboxylic acids is 5. The van der Waals surface area contributed by atoms with E-state index in [1.165, 1.54) is 11.0 Å². The van der Waals surface area contributed by atoms with E-state index in [1.54, 1.807) is 77.9 Å². The summed E-state index contributed by atoms with van der Waals surface area (Å²) in [4.78, 5) is 71.6. The van der Waals surface area contributed by atoms with Crippen LogP contribution >= 0.6 is 0 Å². The fraction of sp³-hybridized carbons (Fsp3) is 0.438. The summed E-state index contributed by atoms with van der Waals surface area (Å²) in [6.45, 7) is 12.4. The van der Waals surface area contributed by atoms with Gasteiger partial charge in [0, 0.05) is 23.4 Å². The summed E-state index contributed by atoms with van der Waals surface area (Å²) in [6, 6.07) is 11.2. The van der Waals surface area contributed by atoms with Gasteiger partial charge in [0.1, 0.15) is 23.6 Å². The van der Waals surface area contributed by atoms with Gasteiger partial charge in [0.25, 0.3) is 5.91 Å². The van der Waals surface area contributed by atoms with Crippen molar-refractivity contribution in [2.75, 3.05) is 25.0 Å². The molecule has 3 rings (SSSR count). The summed E-state index contributed by atoms with van der Waals surface area (Å²) < 4.78 is 10.6. The van der Waals surface area contributed by atoms with Crippen molar-refractivity contribution in [3.63, 3.8) is 0 Å². The molecule has 0 atom stereocenters. The van der Waals surface area contributed by atoms with Crippen molar-refractivity contribution in [3.8, 4) is 0 Å². The highest BCUT2D eigenvalue weighted by Crippen LogP contribution is 2.16. The van der Waals surface area contributed by atoms with Crippen LogP contribution in [0.3, 0.4) is 0 Å². The fourth-order valence-corrected chi connectivity index (χ4v) is 4.10. The summed E-state index contributed by atoms with van der Waals surface area (Å²) in [6.07, 6.45) is -0.510. The van der Waals surface area contributed by atoms with Gasteiger partial charge in [-0.15, -0.1) is 0 Å². The number of carbonyl (C=O) groups is 5. The van der Waals surface area contributed by atoms with E-state index >= 15 is 0 Å². The van der Waals surface area contributed by atoms with Gasteiger partial charge in [-0.3, -0.25) is 19.3 Å². The van der Waals surface area contributed by atoms with E-state index in [1.807, 2.05) is 6.92 Å². The summed E-state index contributed by atoms with van der Waals surface area (Å²) >= 11 is 0. The zero-order valence-electron chi connectivity index (χ0n) is 26.8. The lowest BCUT2D eigenvalue weighted by Gasteiger charge is -2.26. The number of aromatic amines is 1. The van der Waals surface area contributed by atoms with Gasteiger partial charge in [0.05, 0.1) is 24.1 Å². The summed E-state index contributed by atoms with van der Waals surface area (Å²) in [5.41, 5.74) is 0.856. The van der Waals surface area contributed by atoms with Gasteiger partial charge in [0.2, 0.25) is 5.91 Å². The van der Waals surface area contributed by atoms with Gasteiger partial charge < -0.3 is 30.4 Å². The number of benzene rings is 2. The molecule has 0 radical (unpaired) electrons. The van der Waals surface area contributed by atoms with Gasteiger partial charge in [-0.1, -0.05) is 13.0 Å². The Morgan fingerprint density at radius 3 is 2.27 bits per heavy atom. The zero-order chi connectivity index (χ0) is 33.4. The van der Waals surface area contributed by atoms with Gasteiger partial charge >= 0.3 is 12.2 Å². The monoisotopic (exact) mass is 622 g/mol. The van der Waals surface area contributed by atoms with E-state index in [9.17, 15) is 24.0 Å². The molecule has 0 saturated carbocycles. The number of aromatic nitrogens is 2. The number of nitrogens with zero attached hydrogens (tertiary/aromatic N) is 2. The van der Waals surface area contributed by atoms with E-state index in [-0.39, 0.29) is 31.0 Å². The third kappa shape index (κ3) is 11.2. The first-order valence-electron chi connectivity index (χ1n) is 14.7. The molecule has 2 aromatic carbocycles. The predicted molar refractivity (Wildman–Crippen MR) is 169 cm³/mol. The van der Waals surface area contributed by atoms with Gasteiger partial charge in [-0.2, -0.15) is 0 Å². The van der Waals surface area contributed by atoms with Crippen LogP contribution in [0.4, 0.5) is 15.3 Å². The number of Topliss-reactive ketones (excluding diaryl/α,β-unsaturated/α-hetero) is 1. The molecular weight excluding hydrogens is 580 g/mol. The molecule has 0 bridgehead atoms. The van der Waals surface area contributed by atoms with Crippen LogP contribution in [0.25, 0.3) is 11.0 Å². The average Bonchev–Trinajstić information content (AvgIpc) is 3.35. The Morgan fingerprint density at radius 2 is 1.60 bits per heavy atom. The lowest BCUT2D eigenvalue weighted by Crippen LogP contribution is -2.41. The number of nitrogens with one attached hydrogen (secondary N) is 4. The molecule has 0 spiro atoms. The van der Waals surface area contributed by atoms with Crippen LogP contribution in [0, 0.1) is 0 Å². The second kappa shape index (κ2) is 14.7. The number of hydrogen-bond donors (Lipinski definition) is 4. The molecule has 4 amide bonds. The second-order valence-electron chi connectivity index (χ2n) is 12.4. The number of rotatable bonds is 11. The quantitative estimate of drug-likeness (QED) is 0.221. The second-order valence-corrected chi connectivity index (χ2v) is 12.4. The SMILES string of the molecule is CCCN(CC(=O)Nc1cccc(C(=O)NCC(=O)c2ccc3nc(CNC(=O)OC(C)(C)C)[nH]c3c2)c1)C(=O)OC(C)(C)C. The molecule has 1 heterocycles. The maximum Gasteiger partial charge on any atom is 0.410 e. The molecule has 4 N–H and O–H groups in total. The topological polar surface area (TPSA) is 172 Å². The maximum absolute atomic E-state index is 12.9. The number of hydrogen-bond acceptors (Lipinski definition) is 8. The van der Waals surface area contributed by atoms with Crippen molar-refractivity contribution in [2.45, 2.75) is 72.6 Å². The van der Waals surface area contributed by atoms with Crippen molar-refractivity contribution < 1.29 is 33.4 Å². The number of H-pyrrole nitrogens is 1. The molecule has 0 aliphatic carbocycles. The number of imidazole rings is 1. The van der Waals surface area contributed by atoms with E-state index in [4.69, 9.17) is 9.47 Å². The molecule has 13 heteroatoms. The van der Waals surface area contributed by atoms with E-state index < -0.39 is 35.2 Å². The number of ketones is 1. The highest BCUT2D eigenvalue weighted by Gasteiger charge is 2.24. The minimum Gasteiger partial charge on any atom is -0.444 e. The molecule has 0 fully saturated rings. The molecule has 0 aliphatic heterocycles. The van der Waals surface area contributed by atoms with Crippen LogP contribution in [0.5, 0.6) is 0 Å². The largest absolute Gasteiger partial charge is 0.444 e. The third-order valence-corrected chi connectivity index (χ3v) is 5.95. The van der Waals surface area contributed by atoms with Gasteiger partial charge in [-0.05, 0) is 84.4 Å². The van der Waals surface area contributed by atoms with Gasteiger partial charge in [-0.25, -0.2) is 14.6 Å². The first kappa shape index (κ1) is 34.5. The Bertz CT molecular complexity index is 1550. The van der Waals surface area contributed by atoms with Crippen molar-refractivity contribution >= 4 is 46.5 Å². The van der Waals surface area contributed by atoms with Crippen LogP contribution in [-0.4, -0.2) is 75.5 Å². The molecular formula is C32H42N6O7. The summed E-state index contributed by atoms with van der Waals surface area (Å²) in [5, 5.41) is 7.94. The van der Waals surface area contributed by atoms with Crippen molar-refractivity contribution in [1.82, 2.24) is 25.5 Å². The third-order valence-electron chi connectivity index (χ3n) is 5.95.